The van der Waals surface area contributed by atoms with E-state index in [1.54, 1.807) is 0 Å². The topological polar surface area (TPSA) is 29.5 Å². The molecule has 25 heavy (non-hydrogen) atoms. The second-order valence-electron chi connectivity index (χ2n) is 5.04. The van der Waals surface area contributed by atoms with Crippen molar-refractivity contribution >= 4 is 23.4 Å². The van der Waals surface area contributed by atoms with Gasteiger partial charge in [0.1, 0.15) is 11.6 Å². The molecule has 128 valence electrons. The molecule has 0 aliphatic carbocycles. The van der Waals surface area contributed by atoms with Crippen LogP contribution in [0, 0.1) is 34.9 Å². The van der Waals surface area contributed by atoms with E-state index < -0.39 is 64.0 Å². The SMILES string of the molecule is OB(Oc1cccc(F)c1F)c1c(F)c(F)c(F)c2c(F)cccc12. The molecular formula is C16H7BF6O2. The zero-order valence-electron chi connectivity index (χ0n) is 12.2. The first-order valence-electron chi connectivity index (χ1n) is 6.86. The molecule has 2 nitrogen and oxygen atoms in total. The minimum absolute atomic E-state index is 0.513. The summed E-state index contributed by atoms with van der Waals surface area (Å²) in [6.45, 7) is 0. The Bertz CT molecular complexity index is 979. The van der Waals surface area contributed by atoms with E-state index in [4.69, 9.17) is 4.65 Å². The van der Waals surface area contributed by atoms with Crippen molar-refractivity contribution in [3.63, 3.8) is 0 Å². The van der Waals surface area contributed by atoms with Gasteiger partial charge in [-0.05, 0) is 23.6 Å². The number of hydrogen-bond acceptors (Lipinski definition) is 2. The van der Waals surface area contributed by atoms with Crippen LogP contribution in [-0.4, -0.2) is 12.1 Å². The molecule has 9 heteroatoms. The maximum absolute atomic E-state index is 14.1. The second-order valence-corrected chi connectivity index (χ2v) is 5.04. The van der Waals surface area contributed by atoms with Crippen LogP contribution in [0.2, 0.25) is 0 Å². The average Bonchev–Trinajstić information content (AvgIpc) is 2.57. The number of benzene rings is 3. The Balaban J connectivity index is 2.18. The summed E-state index contributed by atoms with van der Waals surface area (Å²) < 4.78 is 86.9. The van der Waals surface area contributed by atoms with E-state index >= 15 is 0 Å². The van der Waals surface area contributed by atoms with Gasteiger partial charge in [0.25, 0.3) is 0 Å². The minimum atomic E-state index is -2.35. The highest BCUT2D eigenvalue weighted by Crippen LogP contribution is 2.25. The van der Waals surface area contributed by atoms with Crippen LogP contribution in [0.4, 0.5) is 26.3 Å². The fraction of sp³-hybridized carbons (Fsp3) is 0. The Morgan fingerprint density at radius 2 is 1.36 bits per heavy atom. The Morgan fingerprint density at radius 1 is 0.720 bits per heavy atom. The quantitative estimate of drug-likeness (QED) is 0.443. The smallest absolute Gasteiger partial charge is 0.530 e. The molecular weight excluding hydrogens is 349 g/mol. The Hall–Kier alpha value is -2.68. The number of fused-ring (bicyclic) bond motifs is 1. The first-order valence-corrected chi connectivity index (χ1v) is 6.86. The van der Waals surface area contributed by atoms with Gasteiger partial charge in [0, 0.05) is 5.46 Å². The van der Waals surface area contributed by atoms with E-state index in [9.17, 15) is 31.4 Å². The van der Waals surface area contributed by atoms with E-state index in [1.165, 1.54) is 0 Å². The molecule has 0 spiro atoms. The monoisotopic (exact) mass is 356 g/mol. The van der Waals surface area contributed by atoms with Gasteiger partial charge in [-0.3, -0.25) is 0 Å². The van der Waals surface area contributed by atoms with Crippen LogP contribution in [0.1, 0.15) is 0 Å². The minimum Gasteiger partial charge on any atom is -0.530 e. The van der Waals surface area contributed by atoms with Crippen molar-refractivity contribution < 1.29 is 36.0 Å². The number of hydrogen-bond donors (Lipinski definition) is 1. The van der Waals surface area contributed by atoms with Crippen LogP contribution in [0.15, 0.2) is 36.4 Å². The molecule has 0 aliphatic rings. The fourth-order valence-electron chi connectivity index (χ4n) is 2.41. The zero-order chi connectivity index (χ0) is 18.3. The van der Waals surface area contributed by atoms with Crippen LogP contribution in [0.25, 0.3) is 10.8 Å². The molecule has 3 aromatic rings. The van der Waals surface area contributed by atoms with Crippen molar-refractivity contribution in [2.24, 2.45) is 0 Å². The molecule has 0 atom stereocenters. The van der Waals surface area contributed by atoms with E-state index in [0.717, 1.165) is 36.4 Å². The molecule has 0 saturated carbocycles. The lowest BCUT2D eigenvalue weighted by Gasteiger charge is -2.15. The average molecular weight is 356 g/mol. The molecule has 0 unspecified atom stereocenters. The van der Waals surface area contributed by atoms with E-state index in [-0.39, 0.29) is 0 Å². The van der Waals surface area contributed by atoms with Gasteiger partial charge in [-0.1, -0.05) is 18.2 Å². The van der Waals surface area contributed by atoms with Gasteiger partial charge in [0.05, 0.1) is 5.39 Å². The highest BCUT2D eigenvalue weighted by Gasteiger charge is 2.32. The van der Waals surface area contributed by atoms with Crippen molar-refractivity contribution in [1.82, 2.24) is 0 Å². The van der Waals surface area contributed by atoms with Crippen molar-refractivity contribution in [2.45, 2.75) is 0 Å². The summed E-state index contributed by atoms with van der Waals surface area (Å²) in [7, 11) is -2.35. The molecule has 3 rings (SSSR count). The zero-order valence-corrected chi connectivity index (χ0v) is 12.2. The van der Waals surface area contributed by atoms with E-state index in [1.807, 2.05) is 0 Å². The first kappa shape index (κ1) is 17.2. The maximum atomic E-state index is 14.1. The standard InChI is InChI=1S/C16H7BF6O2/c18-8-4-1-3-7-11(8)14(21)16(23)15(22)12(7)17(24)25-10-6-2-5-9(19)13(10)20/h1-6,24H. The van der Waals surface area contributed by atoms with Crippen LogP contribution in [-0.2, 0) is 0 Å². The molecule has 0 aromatic heterocycles. The third-order valence-electron chi connectivity index (χ3n) is 3.55. The van der Waals surface area contributed by atoms with Crippen LogP contribution < -0.4 is 10.1 Å². The lowest BCUT2D eigenvalue weighted by Crippen LogP contribution is -2.40. The predicted molar refractivity (Wildman–Crippen MR) is 78.4 cm³/mol. The Labute approximate surface area is 137 Å². The fourth-order valence-corrected chi connectivity index (χ4v) is 2.41. The summed E-state index contributed by atoms with van der Waals surface area (Å²) in [4.78, 5) is 0. The maximum Gasteiger partial charge on any atom is 0.563 e. The van der Waals surface area contributed by atoms with Gasteiger partial charge in [0.2, 0.25) is 0 Å². The van der Waals surface area contributed by atoms with Gasteiger partial charge in [0.15, 0.2) is 29.1 Å². The van der Waals surface area contributed by atoms with Gasteiger partial charge < -0.3 is 9.68 Å². The van der Waals surface area contributed by atoms with Crippen LogP contribution in [0.3, 0.4) is 0 Å². The highest BCUT2D eigenvalue weighted by atomic mass is 19.2. The van der Waals surface area contributed by atoms with Gasteiger partial charge in [-0.25, -0.2) is 22.0 Å². The normalized spacial score (nSPS) is 11.0. The highest BCUT2D eigenvalue weighted by molar-refractivity contribution is 6.64. The summed E-state index contributed by atoms with van der Waals surface area (Å²) in [5.74, 6) is -10.4. The summed E-state index contributed by atoms with van der Waals surface area (Å²) in [6, 6.07) is 5.67. The molecule has 0 saturated heterocycles. The third-order valence-corrected chi connectivity index (χ3v) is 3.55. The molecule has 0 aliphatic heterocycles. The number of rotatable bonds is 3. The Kier molecular flexibility index (Phi) is 4.34. The van der Waals surface area contributed by atoms with Crippen molar-refractivity contribution in [2.75, 3.05) is 0 Å². The van der Waals surface area contributed by atoms with E-state index in [0.29, 0.717) is 0 Å². The second kappa shape index (κ2) is 6.32. The Morgan fingerprint density at radius 3 is 2.08 bits per heavy atom. The lowest BCUT2D eigenvalue weighted by molar-refractivity contribution is 0.396. The lowest BCUT2D eigenvalue weighted by atomic mass is 9.75. The van der Waals surface area contributed by atoms with Gasteiger partial charge in [-0.2, -0.15) is 4.39 Å². The summed E-state index contributed by atoms with van der Waals surface area (Å²) in [5, 5.41) is 8.59. The summed E-state index contributed by atoms with van der Waals surface area (Å²) in [5.41, 5.74) is -0.947. The molecule has 0 radical (unpaired) electrons. The van der Waals surface area contributed by atoms with Gasteiger partial charge in [-0.15, -0.1) is 0 Å². The van der Waals surface area contributed by atoms with Crippen molar-refractivity contribution in [3.8, 4) is 5.75 Å². The predicted octanol–water partition coefficient (Wildman–Crippen LogP) is 3.44. The molecule has 1 N–H and O–H groups in total. The molecule has 0 bridgehead atoms. The first-order chi connectivity index (χ1) is 11.8. The number of halogens is 6. The van der Waals surface area contributed by atoms with E-state index in [2.05, 4.69) is 0 Å². The molecule has 0 heterocycles. The molecule has 0 amide bonds. The summed E-state index contributed by atoms with van der Waals surface area (Å²) >= 11 is 0. The largest absolute Gasteiger partial charge is 0.563 e. The van der Waals surface area contributed by atoms with Gasteiger partial charge >= 0.3 is 7.12 Å². The summed E-state index contributed by atoms with van der Waals surface area (Å²) in [6.07, 6.45) is 0. The van der Waals surface area contributed by atoms with Crippen LogP contribution in [0.5, 0.6) is 5.75 Å². The molecule has 0 fully saturated rings. The van der Waals surface area contributed by atoms with Crippen LogP contribution >= 0.6 is 0 Å². The van der Waals surface area contributed by atoms with Crippen molar-refractivity contribution in [1.29, 1.82) is 0 Å². The molecule has 3 aromatic carbocycles. The van der Waals surface area contributed by atoms with Crippen molar-refractivity contribution in [3.05, 3.63) is 71.3 Å². The third kappa shape index (κ3) is 2.80.